The molecule has 0 radical (unpaired) electrons. The molecule has 0 bridgehead atoms. The van der Waals surface area contributed by atoms with Crippen LogP contribution >= 0.6 is 0 Å². The van der Waals surface area contributed by atoms with Crippen molar-refractivity contribution in [1.29, 1.82) is 0 Å². The highest BCUT2D eigenvalue weighted by molar-refractivity contribution is 7.89. The molecule has 1 amide bonds. The minimum Gasteiger partial charge on any atom is -0.444 e. The van der Waals surface area contributed by atoms with Gasteiger partial charge in [-0.05, 0) is 40.2 Å². The summed E-state index contributed by atoms with van der Waals surface area (Å²) < 4.78 is 75.3. The molecule has 1 aliphatic heterocycles. The lowest BCUT2D eigenvalue weighted by Gasteiger charge is -2.44. The largest absolute Gasteiger partial charge is 0.444 e. The van der Waals surface area contributed by atoms with Gasteiger partial charge in [0.15, 0.2) is 5.65 Å². The molecule has 0 N–H and O–H groups in total. The molecule has 0 aliphatic carbocycles. The Morgan fingerprint density at radius 1 is 1.05 bits per heavy atom. The number of hydrogen-bond acceptors (Lipinski definition) is 7. The Balaban J connectivity index is 1.77. The summed E-state index contributed by atoms with van der Waals surface area (Å²) in [4.78, 5) is 24.0. The van der Waals surface area contributed by atoms with E-state index in [1.807, 2.05) is 0 Å². The Morgan fingerprint density at radius 3 is 2.32 bits per heavy atom. The zero-order valence-corrected chi connectivity index (χ0v) is 22.5. The summed E-state index contributed by atoms with van der Waals surface area (Å²) >= 11 is 0. The molecule has 0 saturated carbocycles. The van der Waals surface area contributed by atoms with Gasteiger partial charge in [-0.25, -0.2) is 27.2 Å². The molecular weight excluding hydrogens is 523 g/mol. The predicted octanol–water partition coefficient (Wildman–Crippen LogP) is 4.66. The number of carbonyl (C=O) groups is 1. The van der Waals surface area contributed by atoms with Crippen molar-refractivity contribution in [1.82, 2.24) is 18.8 Å². The molecule has 2 aromatic heterocycles. The molecule has 1 fully saturated rings. The number of rotatable bonds is 4. The van der Waals surface area contributed by atoms with Crippen molar-refractivity contribution in [3.63, 3.8) is 0 Å². The molecule has 3 aromatic rings. The van der Waals surface area contributed by atoms with Crippen molar-refractivity contribution >= 4 is 33.0 Å². The minimum atomic E-state index is -4.86. The maximum absolute atomic E-state index is 14.2. The third kappa shape index (κ3) is 5.57. The van der Waals surface area contributed by atoms with Crippen molar-refractivity contribution in [2.75, 3.05) is 18.0 Å². The first-order valence-corrected chi connectivity index (χ1v) is 13.7. The summed E-state index contributed by atoms with van der Waals surface area (Å²) in [5, 5.41) is -0.401. The molecule has 206 valence electrons. The van der Waals surface area contributed by atoms with E-state index in [4.69, 9.17) is 4.74 Å². The van der Waals surface area contributed by atoms with E-state index >= 15 is 0 Å². The van der Waals surface area contributed by atoms with Crippen LogP contribution in [0.4, 0.5) is 23.8 Å². The minimum absolute atomic E-state index is 0.0424. The Bertz CT molecular complexity index is 1430. The predicted molar refractivity (Wildman–Crippen MR) is 136 cm³/mol. The van der Waals surface area contributed by atoms with Crippen LogP contribution in [0, 0.1) is 0 Å². The van der Waals surface area contributed by atoms with E-state index in [-0.39, 0.29) is 24.6 Å². The molecular formula is C25H30F3N5O4S. The van der Waals surface area contributed by atoms with Gasteiger partial charge in [0.2, 0.25) is 10.0 Å². The molecule has 1 aliphatic rings. The number of nitrogens with zero attached hydrogens (tertiary/aromatic N) is 5. The van der Waals surface area contributed by atoms with Crippen LogP contribution in [0.2, 0.25) is 0 Å². The van der Waals surface area contributed by atoms with Crippen molar-refractivity contribution in [2.45, 2.75) is 64.2 Å². The number of halogens is 3. The molecule has 0 unspecified atom stereocenters. The van der Waals surface area contributed by atoms with Crippen molar-refractivity contribution < 1.29 is 31.1 Å². The van der Waals surface area contributed by atoms with Crippen molar-refractivity contribution in [3.8, 4) is 0 Å². The summed E-state index contributed by atoms with van der Waals surface area (Å²) in [5.41, 5.74) is -1.77. The van der Waals surface area contributed by atoms with Gasteiger partial charge >= 0.3 is 12.3 Å². The van der Waals surface area contributed by atoms with Crippen LogP contribution < -0.4 is 4.90 Å². The van der Waals surface area contributed by atoms with Gasteiger partial charge in [0, 0.05) is 31.4 Å². The van der Waals surface area contributed by atoms with E-state index in [9.17, 15) is 26.4 Å². The van der Waals surface area contributed by atoms with Crippen LogP contribution in [-0.4, -0.2) is 64.1 Å². The topological polar surface area (TPSA) is 97.6 Å². The number of piperazine rings is 1. The third-order valence-electron chi connectivity index (χ3n) is 6.21. The highest BCUT2D eigenvalue weighted by atomic mass is 32.2. The Kier molecular flexibility index (Phi) is 7.10. The molecule has 1 aromatic carbocycles. The average molecular weight is 554 g/mol. The number of benzene rings is 1. The van der Waals surface area contributed by atoms with Crippen LogP contribution in [0.25, 0.3) is 11.0 Å². The van der Waals surface area contributed by atoms with E-state index in [0.29, 0.717) is 15.7 Å². The zero-order valence-electron chi connectivity index (χ0n) is 21.7. The molecule has 4 rings (SSSR count). The highest BCUT2D eigenvalue weighted by Crippen LogP contribution is 2.41. The second-order valence-electron chi connectivity index (χ2n) is 10.5. The lowest BCUT2D eigenvalue weighted by Crippen LogP contribution is -2.59. The summed E-state index contributed by atoms with van der Waals surface area (Å²) in [7, 11) is -4.25. The first-order valence-electron chi connectivity index (χ1n) is 12.0. The lowest BCUT2D eigenvalue weighted by atomic mass is 10.1. The maximum atomic E-state index is 14.2. The number of alkyl halides is 3. The number of ether oxygens (including phenoxy) is 1. The number of hydrogen-bond donors (Lipinski definition) is 0. The van der Waals surface area contributed by atoms with Crippen LogP contribution in [-0.2, 0) is 26.7 Å². The highest BCUT2D eigenvalue weighted by Gasteiger charge is 2.41. The Hall–Kier alpha value is -3.35. The summed E-state index contributed by atoms with van der Waals surface area (Å²) in [6, 6.07) is 7.33. The zero-order chi connectivity index (χ0) is 28.0. The van der Waals surface area contributed by atoms with Crippen molar-refractivity contribution in [2.24, 2.45) is 0 Å². The third-order valence-corrected chi connectivity index (χ3v) is 7.79. The van der Waals surface area contributed by atoms with Gasteiger partial charge in [-0.1, -0.05) is 30.3 Å². The fourth-order valence-electron chi connectivity index (χ4n) is 4.51. The van der Waals surface area contributed by atoms with E-state index in [0.717, 1.165) is 6.33 Å². The van der Waals surface area contributed by atoms with E-state index in [1.165, 1.54) is 4.90 Å². The second kappa shape index (κ2) is 9.75. The quantitative estimate of drug-likeness (QED) is 0.464. The number of fused-ring (bicyclic) bond motifs is 1. The van der Waals surface area contributed by atoms with Gasteiger partial charge < -0.3 is 14.5 Å². The SMILES string of the molecule is C[C@@H]1CN(c2ncnc3c2c(C(F)(F)F)cn3S(=O)(=O)Cc2ccccc2)[C@@H](C)CN1C(=O)OC(C)(C)C. The maximum Gasteiger partial charge on any atom is 0.418 e. The van der Waals surface area contributed by atoms with Crippen LogP contribution in [0.5, 0.6) is 0 Å². The lowest BCUT2D eigenvalue weighted by molar-refractivity contribution is -0.136. The molecule has 1 saturated heterocycles. The number of carbonyl (C=O) groups excluding carboxylic acids is 1. The molecule has 9 nitrogen and oxygen atoms in total. The fourth-order valence-corrected chi connectivity index (χ4v) is 5.93. The van der Waals surface area contributed by atoms with Gasteiger partial charge in [-0.15, -0.1) is 0 Å². The number of aromatic nitrogens is 3. The van der Waals surface area contributed by atoms with Gasteiger partial charge in [0.05, 0.1) is 16.7 Å². The van der Waals surface area contributed by atoms with E-state index in [1.54, 1.807) is 69.9 Å². The molecule has 2 atom stereocenters. The first-order chi connectivity index (χ1) is 17.6. The van der Waals surface area contributed by atoms with E-state index < -0.39 is 56.7 Å². The molecule has 0 spiro atoms. The van der Waals surface area contributed by atoms with Gasteiger partial charge in [-0.3, -0.25) is 0 Å². The Labute approximate surface area is 219 Å². The molecule has 3 heterocycles. The van der Waals surface area contributed by atoms with Gasteiger partial charge in [-0.2, -0.15) is 13.2 Å². The number of amides is 1. The van der Waals surface area contributed by atoms with Crippen LogP contribution in [0.3, 0.4) is 0 Å². The van der Waals surface area contributed by atoms with Crippen molar-refractivity contribution in [3.05, 3.63) is 54.0 Å². The fraction of sp³-hybridized carbons (Fsp3) is 0.480. The van der Waals surface area contributed by atoms with Crippen LogP contribution in [0.15, 0.2) is 42.9 Å². The summed E-state index contributed by atoms with van der Waals surface area (Å²) in [6.45, 7) is 9.11. The van der Waals surface area contributed by atoms with Gasteiger partial charge in [0.25, 0.3) is 0 Å². The summed E-state index contributed by atoms with van der Waals surface area (Å²) in [6.07, 6.45) is -3.74. The normalized spacial score (nSPS) is 19.2. The van der Waals surface area contributed by atoms with Crippen LogP contribution in [0.1, 0.15) is 45.7 Å². The molecule has 13 heteroatoms. The first kappa shape index (κ1) is 27.7. The van der Waals surface area contributed by atoms with E-state index in [2.05, 4.69) is 9.97 Å². The molecule has 38 heavy (non-hydrogen) atoms. The number of anilines is 1. The second-order valence-corrected chi connectivity index (χ2v) is 12.3. The summed E-state index contributed by atoms with van der Waals surface area (Å²) in [5.74, 6) is -0.546. The standard InChI is InChI=1S/C25H30F3N5O4S/c1-16-12-32(23(34)37-24(3,4)5)17(2)11-31(16)21-20-19(25(26,27)28)13-33(22(20)30-15-29-21)38(35,36)14-18-9-7-6-8-10-18/h6-10,13,15-17H,11-12,14H2,1-5H3/t16-,17+/m0/s1. The Morgan fingerprint density at radius 2 is 1.71 bits per heavy atom. The van der Waals surface area contributed by atoms with Gasteiger partial charge in [0.1, 0.15) is 17.7 Å². The smallest absolute Gasteiger partial charge is 0.418 e. The average Bonchev–Trinajstić information content (AvgIpc) is 3.21. The monoisotopic (exact) mass is 553 g/mol.